The predicted molar refractivity (Wildman–Crippen MR) is 107 cm³/mol. The fourth-order valence-electron chi connectivity index (χ4n) is 3.26. The number of carbonyl (C=O) groups excluding carboxylic acids is 2. The van der Waals surface area contributed by atoms with Crippen molar-refractivity contribution in [3.63, 3.8) is 0 Å². The van der Waals surface area contributed by atoms with Gasteiger partial charge in [-0.15, -0.1) is 0 Å². The van der Waals surface area contributed by atoms with E-state index in [9.17, 15) is 14.7 Å². The minimum atomic E-state index is -0.624. The van der Waals surface area contributed by atoms with Gasteiger partial charge in [0.1, 0.15) is 5.75 Å². The van der Waals surface area contributed by atoms with Gasteiger partial charge in [0, 0.05) is 25.9 Å². The van der Waals surface area contributed by atoms with E-state index < -0.39 is 6.09 Å². The first-order valence-corrected chi connectivity index (χ1v) is 9.63. The molecule has 0 atom stereocenters. The summed E-state index contributed by atoms with van der Waals surface area (Å²) < 4.78 is 16.5. The van der Waals surface area contributed by atoms with Crippen molar-refractivity contribution >= 4 is 22.8 Å². The zero-order valence-corrected chi connectivity index (χ0v) is 16.3. The van der Waals surface area contributed by atoms with Crippen LogP contribution in [0.3, 0.4) is 0 Å². The number of phenols is 1. The van der Waals surface area contributed by atoms with Gasteiger partial charge in [0.05, 0.1) is 13.2 Å². The summed E-state index contributed by atoms with van der Waals surface area (Å²) in [5.74, 6) is 0.0102. The highest BCUT2D eigenvalue weighted by Gasteiger charge is 2.24. The second-order valence-electron chi connectivity index (χ2n) is 6.86. The molecule has 0 unspecified atom stereocenters. The number of nitrogens with one attached hydrogen (secondary N) is 2. The molecule has 2 aromatic rings. The summed E-state index contributed by atoms with van der Waals surface area (Å²) in [6, 6.07) is 11.4. The molecular formula is C21H26N2O6. The topological polar surface area (TPSA) is 106 Å². The lowest BCUT2D eigenvalue weighted by Crippen LogP contribution is -2.33. The number of alkyl carbamates (subject to hydrolysis) is 1. The fraction of sp³-hybridized carbons (Fsp3) is 0.429. The van der Waals surface area contributed by atoms with Crippen LogP contribution in [0, 0.1) is 0 Å². The van der Waals surface area contributed by atoms with Gasteiger partial charge in [0.25, 0.3) is 5.91 Å². The average Bonchev–Trinajstić information content (AvgIpc) is 2.74. The van der Waals surface area contributed by atoms with Crippen LogP contribution in [0.4, 0.5) is 4.79 Å². The number of phenolic OH excluding ortho intramolecular Hbond substituents is 1. The first kappa shape index (κ1) is 20.9. The van der Waals surface area contributed by atoms with Crippen molar-refractivity contribution in [2.75, 3.05) is 33.4 Å². The molecule has 29 heavy (non-hydrogen) atoms. The molecule has 156 valence electrons. The number of fused-ring (bicyclic) bond motifs is 1. The van der Waals surface area contributed by atoms with Crippen LogP contribution in [0.5, 0.6) is 5.75 Å². The highest BCUT2D eigenvalue weighted by molar-refractivity contribution is 5.87. The normalized spacial score (nSPS) is 18.9. The Hall–Kier alpha value is -2.84. The number of benzene rings is 2. The Balaban J connectivity index is 1.40. The van der Waals surface area contributed by atoms with E-state index in [2.05, 4.69) is 16.7 Å². The summed E-state index contributed by atoms with van der Waals surface area (Å²) in [6.07, 6.45) is 0.374. The zero-order chi connectivity index (χ0) is 20.6. The van der Waals surface area contributed by atoms with Gasteiger partial charge in [-0.2, -0.15) is 0 Å². The fourth-order valence-corrected chi connectivity index (χ4v) is 3.26. The average molecular weight is 402 g/mol. The van der Waals surface area contributed by atoms with Crippen molar-refractivity contribution in [1.82, 2.24) is 10.6 Å². The van der Waals surface area contributed by atoms with Gasteiger partial charge in [-0.25, -0.2) is 4.79 Å². The van der Waals surface area contributed by atoms with E-state index in [0.717, 1.165) is 16.3 Å². The predicted octanol–water partition coefficient (Wildman–Crippen LogP) is 2.25. The third-order valence-corrected chi connectivity index (χ3v) is 4.80. The van der Waals surface area contributed by atoms with Crippen LogP contribution in [-0.2, 0) is 19.0 Å². The van der Waals surface area contributed by atoms with Crippen LogP contribution >= 0.6 is 0 Å². The molecule has 1 aliphatic heterocycles. The number of rotatable bonds is 7. The monoisotopic (exact) mass is 402 g/mol. The third kappa shape index (κ3) is 5.82. The van der Waals surface area contributed by atoms with Gasteiger partial charge in [-0.1, -0.05) is 24.3 Å². The van der Waals surface area contributed by atoms with Crippen molar-refractivity contribution in [2.24, 2.45) is 0 Å². The molecule has 8 nitrogen and oxygen atoms in total. The molecule has 8 heteroatoms. The Kier molecular flexibility index (Phi) is 7.26. The molecule has 0 spiro atoms. The summed E-state index contributed by atoms with van der Waals surface area (Å²) >= 11 is 0. The van der Waals surface area contributed by atoms with Crippen LogP contribution in [0.25, 0.3) is 10.8 Å². The molecule has 2 amide bonds. The Morgan fingerprint density at radius 3 is 2.76 bits per heavy atom. The van der Waals surface area contributed by atoms with Gasteiger partial charge in [-0.3, -0.25) is 4.79 Å². The van der Waals surface area contributed by atoms with Gasteiger partial charge >= 0.3 is 6.09 Å². The van der Waals surface area contributed by atoms with E-state index in [1.165, 1.54) is 7.05 Å². The van der Waals surface area contributed by atoms with Gasteiger partial charge in [-0.05, 0) is 34.9 Å². The number of amides is 2. The number of hydrogen-bond acceptors (Lipinski definition) is 6. The minimum Gasteiger partial charge on any atom is -0.508 e. The van der Waals surface area contributed by atoms with E-state index in [0.29, 0.717) is 32.6 Å². The summed E-state index contributed by atoms with van der Waals surface area (Å²) in [6.45, 7) is 1.21. The van der Waals surface area contributed by atoms with Crippen molar-refractivity contribution in [3.05, 3.63) is 42.0 Å². The Morgan fingerprint density at radius 1 is 1.21 bits per heavy atom. The maximum atomic E-state index is 11.5. The molecule has 3 rings (SSSR count). The second-order valence-corrected chi connectivity index (χ2v) is 6.86. The molecule has 1 aliphatic rings. The van der Waals surface area contributed by atoms with Crippen molar-refractivity contribution in [2.45, 2.75) is 25.0 Å². The Labute approximate surface area is 169 Å². The van der Waals surface area contributed by atoms with Gasteiger partial charge in [0.15, 0.2) is 12.9 Å². The second kappa shape index (κ2) is 10.1. The number of ether oxygens (including phenoxy) is 3. The summed E-state index contributed by atoms with van der Waals surface area (Å²) in [7, 11) is 1.48. The molecule has 2 aromatic carbocycles. The standard InChI is InChI=1S/C21H26N2O6/c1-22-19(25)13-29-21(26)23-9-3-6-20-27-11-15(12-28-20)17-5-2-4-14-10-16(24)7-8-18(14)17/h2,4-5,7-8,10,15,20,24H,3,6,9,11-13H2,1H3,(H,22,25)(H,23,26)/t15-,20-. The molecule has 0 aromatic heterocycles. The molecule has 0 aliphatic carbocycles. The lowest BCUT2D eigenvalue weighted by Gasteiger charge is -2.30. The van der Waals surface area contributed by atoms with Crippen LogP contribution in [0.1, 0.15) is 24.3 Å². The lowest BCUT2D eigenvalue weighted by molar-refractivity contribution is -0.189. The summed E-state index contributed by atoms with van der Waals surface area (Å²) in [5, 5.41) is 16.7. The van der Waals surface area contributed by atoms with E-state index >= 15 is 0 Å². The van der Waals surface area contributed by atoms with Crippen LogP contribution < -0.4 is 10.6 Å². The molecule has 0 radical (unpaired) electrons. The van der Waals surface area contributed by atoms with E-state index in [-0.39, 0.29) is 30.5 Å². The molecule has 0 bridgehead atoms. The van der Waals surface area contributed by atoms with E-state index in [1.54, 1.807) is 12.1 Å². The van der Waals surface area contributed by atoms with E-state index in [4.69, 9.17) is 14.2 Å². The number of hydrogen-bond donors (Lipinski definition) is 3. The van der Waals surface area contributed by atoms with Crippen LogP contribution in [-0.4, -0.2) is 56.8 Å². The smallest absolute Gasteiger partial charge is 0.407 e. The largest absolute Gasteiger partial charge is 0.508 e. The maximum absolute atomic E-state index is 11.5. The number of likely N-dealkylation sites (N-methyl/N-ethyl adjacent to an activating group) is 1. The lowest BCUT2D eigenvalue weighted by atomic mass is 9.94. The minimum absolute atomic E-state index is 0.123. The molecule has 1 saturated heterocycles. The van der Waals surface area contributed by atoms with Crippen molar-refractivity contribution in [3.8, 4) is 5.75 Å². The third-order valence-electron chi connectivity index (χ3n) is 4.80. The zero-order valence-electron chi connectivity index (χ0n) is 16.3. The molecule has 3 N–H and O–H groups in total. The molecular weight excluding hydrogens is 376 g/mol. The number of carbonyl (C=O) groups is 2. The van der Waals surface area contributed by atoms with Gasteiger partial charge in [0.2, 0.25) is 0 Å². The first-order chi connectivity index (χ1) is 14.1. The van der Waals surface area contributed by atoms with Crippen molar-refractivity contribution in [1.29, 1.82) is 0 Å². The quantitative estimate of drug-likeness (QED) is 0.614. The summed E-state index contributed by atoms with van der Waals surface area (Å²) in [4.78, 5) is 22.5. The highest BCUT2D eigenvalue weighted by atomic mass is 16.7. The highest BCUT2D eigenvalue weighted by Crippen LogP contribution is 2.31. The van der Waals surface area contributed by atoms with Crippen LogP contribution in [0.2, 0.25) is 0 Å². The number of aromatic hydroxyl groups is 1. The first-order valence-electron chi connectivity index (χ1n) is 9.63. The maximum Gasteiger partial charge on any atom is 0.407 e. The van der Waals surface area contributed by atoms with E-state index in [1.807, 2.05) is 18.2 Å². The molecule has 1 fully saturated rings. The molecule has 0 saturated carbocycles. The summed E-state index contributed by atoms with van der Waals surface area (Å²) in [5.41, 5.74) is 1.14. The Morgan fingerprint density at radius 2 is 2.00 bits per heavy atom. The molecule has 1 heterocycles. The van der Waals surface area contributed by atoms with Gasteiger partial charge < -0.3 is 30.0 Å². The SMILES string of the molecule is CNC(=O)COC(=O)NCCC[C@H]1OC[C@H](c2cccc3cc(O)ccc32)CO1. The van der Waals surface area contributed by atoms with Crippen LogP contribution in [0.15, 0.2) is 36.4 Å². The Bertz CT molecular complexity index is 848. The van der Waals surface area contributed by atoms with Crippen molar-refractivity contribution < 1.29 is 28.9 Å².